The van der Waals surface area contributed by atoms with E-state index in [1.54, 1.807) is 18.2 Å². The van der Waals surface area contributed by atoms with Gasteiger partial charge in [0.25, 0.3) is 0 Å². The molecule has 4 rings (SSSR count). The molecule has 0 spiro atoms. The fourth-order valence-electron chi connectivity index (χ4n) is 4.21. The van der Waals surface area contributed by atoms with Crippen molar-refractivity contribution >= 4 is 46.4 Å². The van der Waals surface area contributed by atoms with Crippen LogP contribution < -0.4 is 15.5 Å². The minimum atomic E-state index is 0.00963. The number of halogens is 2. The van der Waals surface area contributed by atoms with Crippen molar-refractivity contribution in [1.29, 1.82) is 0 Å². The second-order valence-corrected chi connectivity index (χ2v) is 9.18. The van der Waals surface area contributed by atoms with Gasteiger partial charge in [-0.1, -0.05) is 29.3 Å². The predicted octanol–water partition coefficient (Wildman–Crippen LogP) is 2.73. The second-order valence-electron chi connectivity index (χ2n) is 8.37. The second kappa shape index (κ2) is 11.2. The number of nitrogens with zero attached hydrogens (tertiary/aromatic N) is 3. The van der Waals surface area contributed by atoms with E-state index in [-0.39, 0.29) is 18.2 Å². The third kappa shape index (κ3) is 6.38. The summed E-state index contributed by atoms with van der Waals surface area (Å²) in [5.74, 6) is 0.0441. The zero-order chi connectivity index (χ0) is 23.2. The highest BCUT2D eigenvalue weighted by atomic mass is 35.5. The Bertz CT molecular complexity index is 951. The van der Waals surface area contributed by atoms with Crippen molar-refractivity contribution in [1.82, 2.24) is 15.1 Å². The van der Waals surface area contributed by atoms with Gasteiger partial charge >= 0.3 is 0 Å². The number of anilines is 2. The molecular formula is C24H29Cl2N5O2. The van der Waals surface area contributed by atoms with E-state index in [0.717, 1.165) is 50.6 Å². The number of nitrogens with one attached hydrogen (secondary N) is 2. The smallest absolute Gasteiger partial charge is 0.238 e. The van der Waals surface area contributed by atoms with Gasteiger partial charge < -0.3 is 20.4 Å². The van der Waals surface area contributed by atoms with Crippen LogP contribution in [0, 0.1) is 0 Å². The van der Waals surface area contributed by atoms with Gasteiger partial charge in [0.05, 0.1) is 13.0 Å². The Labute approximate surface area is 204 Å². The van der Waals surface area contributed by atoms with E-state index in [0.29, 0.717) is 35.2 Å². The number of hydrogen-bond acceptors (Lipinski definition) is 5. The predicted molar refractivity (Wildman–Crippen MR) is 133 cm³/mol. The summed E-state index contributed by atoms with van der Waals surface area (Å²) < 4.78 is 0. The molecule has 2 fully saturated rings. The summed E-state index contributed by atoms with van der Waals surface area (Å²) in [4.78, 5) is 31.3. The first-order valence-corrected chi connectivity index (χ1v) is 12.0. The minimum absolute atomic E-state index is 0.00963. The van der Waals surface area contributed by atoms with Crippen LogP contribution in [0.25, 0.3) is 0 Å². The van der Waals surface area contributed by atoms with Crippen LogP contribution in [0.5, 0.6) is 0 Å². The average Bonchev–Trinajstić information content (AvgIpc) is 2.82. The van der Waals surface area contributed by atoms with Gasteiger partial charge in [0, 0.05) is 73.8 Å². The Kier molecular flexibility index (Phi) is 8.09. The van der Waals surface area contributed by atoms with Crippen LogP contribution in [0.3, 0.4) is 0 Å². The summed E-state index contributed by atoms with van der Waals surface area (Å²) in [6.45, 7) is 6.84. The van der Waals surface area contributed by atoms with Crippen LogP contribution in [0.15, 0.2) is 42.5 Å². The summed E-state index contributed by atoms with van der Waals surface area (Å²) in [5, 5.41) is 7.31. The monoisotopic (exact) mass is 489 g/mol. The highest BCUT2D eigenvalue weighted by Crippen LogP contribution is 2.26. The Balaban J connectivity index is 1.25. The number of carbonyl (C=O) groups excluding carboxylic acids is 2. The number of amides is 2. The highest BCUT2D eigenvalue weighted by Gasteiger charge is 2.23. The lowest BCUT2D eigenvalue weighted by molar-refractivity contribution is -0.130. The number of rotatable bonds is 6. The molecule has 0 unspecified atom stereocenters. The number of benzene rings is 2. The van der Waals surface area contributed by atoms with Crippen LogP contribution in [-0.4, -0.2) is 80.5 Å². The molecule has 2 aromatic rings. The lowest BCUT2D eigenvalue weighted by Gasteiger charge is -2.36. The molecule has 2 saturated heterocycles. The molecule has 0 saturated carbocycles. The number of hydrogen-bond donors (Lipinski definition) is 2. The quantitative estimate of drug-likeness (QED) is 0.652. The van der Waals surface area contributed by atoms with Gasteiger partial charge in [0.15, 0.2) is 0 Å². The average molecular weight is 490 g/mol. The standard InChI is InChI=1S/C24H29Cl2N5O2/c25-21-2-1-3-22(26)20(21)16-24(33)31-14-12-30(13-15-31)19-6-4-18(5-7-19)28-23(32)17-29-10-8-27-9-11-29/h1-7,27H,8-17H2,(H,28,32). The topological polar surface area (TPSA) is 67.9 Å². The summed E-state index contributed by atoms with van der Waals surface area (Å²) >= 11 is 12.4. The summed E-state index contributed by atoms with van der Waals surface area (Å²) in [6.07, 6.45) is 0.209. The zero-order valence-electron chi connectivity index (χ0n) is 18.5. The van der Waals surface area contributed by atoms with Crippen LogP contribution in [0.2, 0.25) is 10.0 Å². The highest BCUT2D eigenvalue weighted by molar-refractivity contribution is 6.36. The van der Waals surface area contributed by atoms with Gasteiger partial charge in [0.2, 0.25) is 11.8 Å². The van der Waals surface area contributed by atoms with Crippen LogP contribution in [0.4, 0.5) is 11.4 Å². The van der Waals surface area contributed by atoms with Crippen molar-refractivity contribution in [2.75, 3.05) is 69.1 Å². The zero-order valence-corrected chi connectivity index (χ0v) is 20.0. The number of piperazine rings is 2. The molecular weight excluding hydrogens is 461 g/mol. The van der Waals surface area contributed by atoms with E-state index in [1.165, 1.54) is 0 Å². The Morgan fingerprint density at radius 2 is 1.52 bits per heavy atom. The van der Waals surface area contributed by atoms with Gasteiger partial charge in [0.1, 0.15) is 0 Å². The van der Waals surface area contributed by atoms with Gasteiger partial charge in [-0.05, 0) is 42.0 Å². The maximum absolute atomic E-state index is 12.7. The van der Waals surface area contributed by atoms with Crippen molar-refractivity contribution in [2.24, 2.45) is 0 Å². The first-order chi connectivity index (χ1) is 16.0. The maximum atomic E-state index is 12.7. The molecule has 9 heteroatoms. The van der Waals surface area contributed by atoms with Crippen LogP contribution in [-0.2, 0) is 16.0 Å². The Morgan fingerprint density at radius 3 is 2.15 bits per heavy atom. The number of carbonyl (C=O) groups is 2. The molecule has 2 N–H and O–H groups in total. The molecule has 2 heterocycles. The Hall–Kier alpha value is -2.32. The molecule has 0 aromatic heterocycles. The van der Waals surface area contributed by atoms with E-state index in [2.05, 4.69) is 20.4 Å². The molecule has 0 atom stereocenters. The lowest BCUT2D eigenvalue weighted by atomic mass is 10.1. The molecule has 0 aliphatic carbocycles. The van der Waals surface area contributed by atoms with Gasteiger partial charge in [-0.15, -0.1) is 0 Å². The third-order valence-corrected chi connectivity index (χ3v) is 6.82. The van der Waals surface area contributed by atoms with Gasteiger partial charge in [-0.25, -0.2) is 0 Å². The molecule has 2 aliphatic heterocycles. The molecule has 33 heavy (non-hydrogen) atoms. The largest absolute Gasteiger partial charge is 0.368 e. The van der Waals surface area contributed by atoms with Crippen molar-refractivity contribution < 1.29 is 9.59 Å². The van der Waals surface area contributed by atoms with E-state index in [9.17, 15) is 9.59 Å². The van der Waals surface area contributed by atoms with Crippen molar-refractivity contribution in [3.63, 3.8) is 0 Å². The van der Waals surface area contributed by atoms with Crippen molar-refractivity contribution in [2.45, 2.75) is 6.42 Å². The Morgan fingerprint density at radius 1 is 0.879 bits per heavy atom. The molecule has 2 aliphatic rings. The molecule has 0 radical (unpaired) electrons. The van der Waals surface area contributed by atoms with E-state index in [4.69, 9.17) is 23.2 Å². The van der Waals surface area contributed by atoms with Crippen molar-refractivity contribution in [3.05, 3.63) is 58.1 Å². The molecule has 7 nitrogen and oxygen atoms in total. The fraction of sp³-hybridized carbons (Fsp3) is 0.417. The van der Waals surface area contributed by atoms with Crippen molar-refractivity contribution in [3.8, 4) is 0 Å². The summed E-state index contributed by atoms with van der Waals surface area (Å²) in [6, 6.07) is 13.2. The molecule has 2 amide bonds. The lowest BCUT2D eigenvalue weighted by Crippen LogP contribution is -2.49. The van der Waals surface area contributed by atoms with Crippen LogP contribution >= 0.6 is 23.2 Å². The van der Waals surface area contributed by atoms with Gasteiger partial charge in [-0.2, -0.15) is 0 Å². The summed E-state index contributed by atoms with van der Waals surface area (Å²) in [5.41, 5.74) is 2.56. The molecule has 2 aromatic carbocycles. The normalized spacial score (nSPS) is 17.2. The first-order valence-electron chi connectivity index (χ1n) is 11.3. The first kappa shape index (κ1) is 23.8. The fourth-order valence-corrected chi connectivity index (χ4v) is 4.74. The van der Waals surface area contributed by atoms with E-state index >= 15 is 0 Å². The summed E-state index contributed by atoms with van der Waals surface area (Å²) in [7, 11) is 0. The maximum Gasteiger partial charge on any atom is 0.238 e. The third-order valence-electron chi connectivity index (χ3n) is 6.12. The molecule has 176 valence electrons. The SMILES string of the molecule is O=C(CN1CCNCC1)Nc1ccc(N2CCN(C(=O)Cc3c(Cl)cccc3Cl)CC2)cc1. The van der Waals surface area contributed by atoms with Crippen LogP contribution in [0.1, 0.15) is 5.56 Å². The van der Waals surface area contributed by atoms with E-state index in [1.807, 2.05) is 29.2 Å². The van der Waals surface area contributed by atoms with E-state index < -0.39 is 0 Å². The van der Waals surface area contributed by atoms with Gasteiger partial charge in [-0.3, -0.25) is 14.5 Å². The molecule has 0 bridgehead atoms. The minimum Gasteiger partial charge on any atom is -0.368 e.